The highest BCUT2D eigenvalue weighted by Crippen LogP contribution is 2.24. The third kappa shape index (κ3) is 3.91. The van der Waals surface area contributed by atoms with Crippen molar-refractivity contribution in [2.75, 3.05) is 25.1 Å². The molecule has 138 valence electrons. The quantitative estimate of drug-likeness (QED) is 0.836. The summed E-state index contributed by atoms with van der Waals surface area (Å²) in [5.74, 6) is 0.113. The van der Waals surface area contributed by atoms with Crippen LogP contribution in [0.3, 0.4) is 0 Å². The zero-order valence-electron chi connectivity index (χ0n) is 14.1. The number of carbonyl (C=O) groups is 1. The second-order valence-electron chi connectivity index (χ2n) is 5.83. The molecule has 2 heterocycles. The first kappa shape index (κ1) is 18.5. The summed E-state index contributed by atoms with van der Waals surface area (Å²) in [4.78, 5) is 18.6. The van der Waals surface area contributed by atoms with Gasteiger partial charge < -0.3 is 9.64 Å². The van der Waals surface area contributed by atoms with Gasteiger partial charge in [0.2, 0.25) is 0 Å². The molecule has 0 radical (unpaired) electrons. The van der Waals surface area contributed by atoms with Gasteiger partial charge >= 0.3 is 0 Å². The normalized spacial score (nSPS) is 14.3. The van der Waals surface area contributed by atoms with Gasteiger partial charge in [0, 0.05) is 24.3 Å². The Morgan fingerprint density at radius 2 is 1.96 bits per heavy atom. The van der Waals surface area contributed by atoms with Crippen LogP contribution in [0.15, 0.2) is 41.4 Å². The number of hydrogen-bond donors (Lipinski definition) is 1. The van der Waals surface area contributed by atoms with Crippen LogP contribution >= 0.6 is 11.6 Å². The zero-order chi connectivity index (χ0) is 18.7. The second-order valence-corrected chi connectivity index (χ2v) is 7.94. The van der Waals surface area contributed by atoms with E-state index in [0.29, 0.717) is 5.02 Å². The minimum absolute atomic E-state index is 0.0714. The molecule has 1 fully saturated rings. The van der Waals surface area contributed by atoms with Crippen molar-refractivity contribution in [2.45, 2.75) is 17.7 Å². The summed E-state index contributed by atoms with van der Waals surface area (Å²) < 4.78 is 32.0. The van der Waals surface area contributed by atoms with E-state index in [1.165, 1.54) is 37.6 Å². The van der Waals surface area contributed by atoms with Crippen LogP contribution in [0.5, 0.6) is 5.75 Å². The Morgan fingerprint density at radius 1 is 1.23 bits per heavy atom. The summed E-state index contributed by atoms with van der Waals surface area (Å²) in [6.07, 6.45) is 3.45. The molecule has 1 amide bonds. The summed E-state index contributed by atoms with van der Waals surface area (Å²) in [5, 5.41) is 0.378. The Kier molecular flexibility index (Phi) is 5.33. The zero-order valence-corrected chi connectivity index (χ0v) is 15.7. The summed E-state index contributed by atoms with van der Waals surface area (Å²) in [5.41, 5.74) is 0.0714. The Morgan fingerprint density at radius 3 is 2.58 bits per heavy atom. The van der Waals surface area contributed by atoms with Crippen molar-refractivity contribution < 1.29 is 17.9 Å². The minimum Gasteiger partial charge on any atom is -0.496 e. The Balaban J connectivity index is 1.79. The molecule has 3 rings (SSSR count). The molecule has 1 aromatic heterocycles. The number of methoxy groups -OCH3 is 1. The number of benzene rings is 1. The van der Waals surface area contributed by atoms with Crippen LogP contribution in [0.1, 0.15) is 23.2 Å². The Bertz CT molecular complexity index is 910. The predicted molar refractivity (Wildman–Crippen MR) is 98.3 cm³/mol. The number of halogens is 1. The first-order valence-corrected chi connectivity index (χ1v) is 9.88. The van der Waals surface area contributed by atoms with E-state index in [1.807, 2.05) is 4.72 Å². The molecule has 1 aliphatic heterocycles. The third-order valence-corrected chi connectivity index (χ3v) is 5.65. The van der Waals surface area contributed by atoms with Crippen LogP contribution in [-0.4, -0.2) is 39.5 Å². The fraction of sp³-hybridized carbons (Fsp3) is 0.294. The van der Waals surface area contributed by atoms with E-state index in [-0.39, 0.29) is 16.2 Å². The first-order chi connectivity index (χ1) is 12.4. The topological polar surface area (TPSA) is 88.6 Å². The average molecular weight is 396 g/mol. The van der Waals surface area contributed by atoms with Gasteiger partial charge in [0.15, 0.2) is 0 Å². The molecule has 0 atom stereocenters. The molecule has 0 bridgehead atoms. The van der Waals surface area contributed by atoms with Crippen LogP contribution in [-0.2, 0) is 10.0 Å². The lowest BCUT2D eigenvalue weighted by atomic mass is 10.2. The second kappa shape index (κ2) is 7.51. The van der Waals surface area contributed by atoms with E-state index in [4.69, 9.17) is 16.3 Å². The van der Waals surface area contributed by atoms with Crippen LogP contribution in [0.25, 0.3) is 0 Å². The third-order valence-electron chi connectivity index (χ3n) is 4.10. The van der Waals surface area contributed by atoms with Crippen LogP contribution in [0.4, 0.5) is 5.82 Å². The highest BCUT2D eigenvalue weighted by Gasteiger charge is 2.22. The summed E-state index contributed by atoms with van der Waals surface area (Å²) in [6, 6.07) is 7.41. The number of nitrogens with zero attached hydrogens (tertiary/aromatic N) is 2. The highest BCUT2D eigenvalue weighted by atomic mass is 35.5. The lowest BCUT2D eigenvalue weighted by Gasteiger charge is -2.16. The fourth-order valence-corrected chi connectivity index (χ4v) is 3.83. The predicted octanol–water partition coefficient (Wildman–Crippen LogP) is 2.46. The largest absolute Gasteiger partial charge is 0.496 e. The number of nitrogens with one attached hydrogen (secondary N) is 1. The van der Waals surface area contributed by atoms with Gasteiger partial charge in [-0.1, -0.05) is 11.6 Å². The van der Waals surface area contributed by atoms with Crippen molar-refractivity contribution in [3.63, 3.8) is 0 Å². The number of aromatic nitrogens is 1. The smallest absolute Gasteiger partial charge is 0.268 e. The molecular weight excluding hydrogens is 378 g/mol. The molecule has 26 heavy (non-hydrogen) atoms. The van der Waals surface area contributed by atoms with Crippen LogP contribution in [0.2, 0.25) is 5.02 Å². The molecule has 9 heteroatoms. The molecule has 0 unspecified atom stereocenters. The van der Waals surface area contributed by atoms with Gasteiger partial charge in [0.1, 0.15) is 16.5 Å². The molecule has 0 aliphatic carbocycles. The van der Waals surface area contributed by atoms with Gasteiger partial charge in [-0.3, -0.25) is 4.79 Å². The molecule has 7 nitrogen and oxygen atoms in total. The van der Waals surface area contributed by atoms with Gasteiger partial charge in [-0.25, -0.2) is 18.1 Å². The minimum atomic E-state index is -4.05. The lowest BCUT2D eigenvalue weighted by molar-refractivity contribution is 0.0978. The van der Waals surface area contributed by atoms with Gasteiger partial charge in [-0.2, -0.15) is 0 Å². The van der Waals surface area contributed by atoms with E-state index < -0.39 is 15.9 Å². The number of ether oxygens (including phenoxy) is 1. The number of sulfonamides is 1. The number of amides is 1. The van der Waals surface area contributed by atoms with Crippen molar-refractivity contribution in [3.8, 4) is 5.75 Å². The fourth-order valence-electron chi connectivity index (χ4n) is 2.75. The molecular formula is C17H18ClN3O4S. The van der Waals surface area contributed by atoms with E-state index in [1.54, 1.807) is 6.07 Å². The van der Waals surface area contributed by atoms with E-state index >= 15 is 0 Å². The van der Waals surface area contributed by atoms with Gasteiger partial charge in [-0.15, -0.1) is 0 Å². The average Bonchev–Trinajstić information content (AvgIpc) is 3.16. The number of pyridine rings is 1. The summed E-state index contributed by atoms with van der Waals surface area (Å²) >= 11 is 5.86. The Labute approximate surface area is 157 Å². The maximum absolute atomic E-state index is 12.5. The van der Waals surface area contributed by atoms with E-state index in [0.717, 1.165) is 31.7 Å². The van der Waals surface area contributed by atoms with Gasteiger partial charge in [-0.05, 0) is 43.2 Å². The molecule has 0 spiro atoms. The maximum Gasteiger partial charge on any atom is 0.268 e. The number of anilines is 1. The van der Waals surface area contributed by atoms with Crippen LogP contribution in [0, 0.1) is 0 Å². The molecule has 2 aromatic rings. The molecule has 1 aromatic carbocycles. The first-order valence-electron chi connectivity index (χ1n) is 8.02. The molecule has 0 saturated carbocycles. The molecule has 1 N–H and O–H groups in total. The van der Waals surface area contributed by atoms with Crippen molar-refractivity contribution in [1.82, 2.24) is 9.71 Å². The van der Waals surface area contributed by atoms with E-state index in [2.05, 4.69) is 9.88 Å². The lowest BCUT2D eigenvalue weighted by Crippen LogP contribution is -2.31. The number of rotatable bonds is 5. The van der Waals surface area contributed by atoms with Crippen LogP contribution < -0.4 is 14.4 Å². The molecule has 1 saturated heterocycles. The standard InChI is InChI=1S/C17H18ClN3O4S/c1-25-15-10-12(18)4-6-14(15)17(22)20-26(23,24)13-5-7-16(19-11-13)21-8-2-3-9-21/h4-7,10-11H,2-3,8-9H2,1H3,(H,20,22). The van der Waals surface area contributed by atoms with Gasteiger partial charge in [0.05, 0.1) is 12.7 Å². The van der Waals surface area contributed by atoms with E-state index in [9.17, 15) is 13.2 Å². The monoisotopic (exact) mass is 395 g/mol. The van der Waals surface area contributed by atoms with Gasteiger partial charge in [0.25, 0.3) is 15.9 Å². The maximum atomic E-state index is 12.5. The van der Waals surface area contributed by atoms with Crippen molar-refractivity contribution >= 4 is 33.3 Å². The SMILES string of the molecule is COc1cc(Cl)ccc1C(=O)NS(=O)(=O)c1ccc(N2CCCC2)nc1. The number of hydrogen-bond acceptors (Lipinski definition) is 6. The summed E-state index contributed by atoms with van der Waals surface area (Å²) in [7, 11) is -2.68. The van der Waals surface area contributed by atoms with Crippen molar-refractivity contribution in [3.05, 3.63) is 47.1 Å². The number of carbonyl (C=O) groups excluding carboxylic acids is 1. The highest BCUT2D eigenvalue weighted by molar-refractivity contribution is 7.90. The molecule has 1 aliphatic rings. The van der Waals surface area contributed by atoms with Crippen molar-refractivity contribution in [1.29, 1.82) is 0 Å². The van der Waals surface area contributed by atoms with Crippen molar-refractivity contribution in [2.24, 2.45) is 0 Å². The summed E-state index contributed by atoms with van der Waals surface area (Å²) in [6.45, 7) is 1.82. The Hall–Kier alpha value is -2.32.